The van der Waals surface area contributed by atoms with Crippen LogP contribution in [0, 0.1) is 11.8 Å². The number of piperidine rings is 1. The van der Waals surface area contributed by atoms with Crippen LogP contribution in [-0.2, 0) is 16.5 Å². The van der Waals surface area contributed by atoms with Gasteiger partial charge in [-0.3, -0.25) is 9.79 Å². The van der Waals surface area contributed by atoms with Crippen molar-refractivity contribution >= 4 is 29.0 Å². The number of rotatable bonds is 9. The van der Waals surface area contributed by atoms with Crippen LogP contribution in [0.25, 0.3) is 0 Å². The van der Waals surface area contributed by atoms with Gasteiger partial charge in [0.2, 0.25) is 0 Å². The first kappa shape index (κ1) is 26.3. The highest BCUT2D eigenvalue weighted by Gasteiger charge is 2.28. The van der Waals surface area contributed by atoms with E-state index in [0.29, 0.717) is 17.6 Å². The van der Waals surface area contributed by atoms with Gasteiger partial charge in [0.15, 0.2) is 11.5 Å². The van der Waals surface area contributed by atoms with Crippen molar-refractivity contribution in [3.05, 3.63) is 39.8 Å². The molecule has 10 heteroatoms. The number of nitrogens with zero attached hydrogens (tertiary/aromatic N) is 5. The molecule has 2 aromatic heterocycles. The maximum Gasteiger partial charge on any atom is 0.357 e. The molecule has 0 unspecified atom stereocenters. The molecule has 10 nitrogen and oxygen atoms in total. The Kier molecular flexibility index (Phi) is 8.97. The first-order valence-electron chi connectivity index (χ1n) is 12.0. The SMILES string of the molecule is CCOC(=O)c1cc(N2CCC(COC)CC2)c(/C(=N\C)C(C)C)c(Nc2ccc(=O)n(C)n2)n1. The zero-order valence-corrected chi connectivity index (χ0v) is 21.5. The second-order valence-corrected chi connectivity index (χ2v) is 8.93. The number of methoxy groups -OCH3 is 1. The van der Waals surface area contributed by atoms with Crippen LogP contribution in [0.3, 0.4) is 0 Å². The fourth-order valence-electron chi connectivity index (χ4n) is 4.36. The van der Waals surface area contributed by atoms with E-state index in [2.05, 4.69) is 39.1 Å². The van der Waals surface area contributed by atoms with Gasteiger partial charge in [-0.25, -0.2) is 14.5 Å². The van der Waals surface area contributed by atoms with E-state index in [0.717, 1.165) is 49.5 Å². The molecule has 0 aromatic carbocycles. The van der Waals surface area contributed by atoms with Gasteiger partial charge in [-0.05, 0) is 43.7 Å². The molecule has 3 heterocycles. The molecular formula is C25H36N6O4. The van der Waals surface area contributed by atoms with Crippen molar-refractivity contribution in [1.29, 1.82) is 0 Å². The van der Waals surface area contributed by atoms with Crippen molar-refractivity contribution in [2.24, 2.45) is 23.9 Å². The summed E-state index contributed by atoms with van der Waals surface area (Å²) in [5.74, 6) is 0.998. The fraction of sp³-hybridized carbons (Fsp3) is 0.560. The highest BCUT2D eigenvalue weighted by atomic mass is 16.5. The fourth-order valence-corrected chi connectivity index (χ4v) is 4.36. The maximum absolute atomic E-state index is 12.8. The number of esters is 1. The predicted molar refractivity (Wildman–Crippen MR) is 137 cm³/mol. The Morgan fingerprint density at radius 3 is 2.57 bits per heavy atom. The normalized spacial score (nSPS) is 14.9. The number of carbonyl (C=O) groups is 1. The van der Waals surface area contributed by atoms with Crippen molar-refractivity contribution in [2.75, 3.05) is 50.7 Å². The van der Waals surface area contributed by atoms with Crippen LogP contribution in [-0.4, -0.2) is 66.9 Å². The lowest BCUT2D eigenvalue weighted by Gasteiger charge is -2.35. The first-order chi connectivity index (χ1) is 16.8. The third-order valence-electron chi connectivity index (χ3n) is 6.09. The van der Waals surface area contributed by atoms with E-state index in [-0.39, 0.29) is 23.8 Å². The van der Waals surface area contributed by atoms with E-state index in [1.807, 2.05) is 0 Å². The number of nitrogens with one attached hydrogen (secondary N) is 1. The van der Waals surface area contributed by atoms with Crippen molar-refractivity contribution in [3.8, 4) is 0 Å². The highest BCUT2D eigenvalue weighted by Crippen LogP contribution is 2.34. The van der Waals surface area contributed by atoms with Crippen LogP contribution in [0.2, 0.25) is 0 Å². The molecule has 1 saturated heterocycles. The monoisotopic (exact) mass is 484 g/mol. The van der Waals surface area contributed by atoms with Crippen LogP contribution in [0.15, 0.2) is 28.0 Å². The molecule has 1 aliphatic heterocycles. The van der Waals surface area contributed by atoms with Crippen molar-refractivity contribution in [2.45, 2.75) is 33.6 Å². The molecule has 0 bridgehead atoms. The number of aromatic nitrogens is 3. The first-order valence-corrected chi connectivity index (χ1v) is 12.0. The number of ether oxygens (including phenoxy) is 2. The second kappa shape index (κ2) is 11.9. The highest BCUT2D eigenvalue weighted by molar-refractivity contribution is 6.11. The van der Waals surface area contributed by atoms with Gasteiger partial charge in [-0.2, -0.15) is 5.10 Å². The Morgan fingerprint density at radius 2 is 2.00 bits per heavy atom. The minimum Gasteiger partial charge on any atom is -0.461 e. The quantitative estimate of drug-likeness (QED) is 0.427. The van der Waals surface area contributed by atoms with Gasteiger partial charge in [0.05, 0.1) is 23.6 Å². The summed E-state index contributed by atoms with van der Waals surface area (Å²) in [6.07, 6.45) is 1.96. The molecule has 1 N–H and O–H groups in total. The van der Waals surface area contributed by atoms with E-state index in [9.17, 15) is 9.59 Å². The summed E-state index contributed by atoms with van der Waals surface area (Å²) in [4.78, 5) is 36.1. The summed E-state index contributed by atoms with van der Waals surface area (Å²) in [7, 11) is 5.08. The smallest absolute Gasteiger partial charge is 0.357 e. The Labute approximate surface area is 206 Å². The van der Waals surface area contributed by atoms with Crippen molar-refractivity contribution in [1.82, 2.24) is 14.8 Å². The number of carbonyl (C=O) groups excluding carboxylic acids is 1. The Morgan fingerprint density at radius 1 is 1.29 bits per heavy atom. The molecule has 0 aliphatic carbocycles. The molecule has 0 radical (unpaired) electrons. The molecule has 1 aliphatic rings. The van der Waals surface area contributed by atoms with Crippen LogP contribution in [0.4, 0.5) is 17.3 Å². The molecule has 1 fully saturated rings. The van der Waals surface area contributed by atoms with Gasteiger partial charge in [-0.1, -0.05) is 13.8 Å². The van der Waals surface area contributed by atoms with Crippen LogP contribution in [0.1, 0.15) is 49.7 Å². The number of anilines is 3. The summed E-state index contributed by atoms with van der Waals surface area (Å²) in [5.41, 5.74) is 2.53. The molecule has 0 amide bonds. The zero-order chi connectivity index (χ0) is 25.5. The summed E-state index contributed by atoms with van der Waals surface area (Å²) < 4.78 is 11.9. The van der Waals surface area contributed by atoms with Gasteiger partial charge in [0.25, 0.3) is 5.56 Å². The summed E-state index contributed by atoms with van der Waals surface area (Å²) in [6.45, 7) is 8.54. The van der Waals surface area contributed by atoms with E-state index in [4.69, 9.17) is 9.47 Å². The number of aryl methyl sites for hydroxylation is 1. The Balaban J connectivity index is 2.17. The van der Waals surface area contributed by atoms with Crippen LogP contribution < -0.4 is 15.8 Å². The predicted octanol–water partition coefficient (Wildman–Crippen LogP) is 3.03. The molecule has 0 atom stereocenters. The third kappa shape index (κ3) is 6.25. The van der Waals surface area contributed by atoms with E-state index in [1.165, 1.54) is 10.7 Å². The molecule has 190 valence electrons. The van der Waals surface area contributed by atoms with Crippen LogP contribution in [0.5, 0.6) is 0 Å². The van der Waals surface area contributed by atoms with Gasteiger partial charge in [0.1, 0.15) is 5.82 Å². The Bertz CT molecular complexity index is 1120. The molecule has 35 heavy (non-hydrogen) atoms. The summed E-state index contributed by atoms with van der Waals surface area (Å²) >= 11 is 0. The van der Waals surface area contributed by atoms with E-state index >= 15 is 0 Å². The number of pyridine rings is 1. The molecule has 2 aromatic rings. The lowest BCUT2D eigenvalue weighted by Crippen LogP contribution is -2.36. The third-order valence-corrected chi connectivity index (χ3v) is 6.09. The molecule has 0 saturated carbocycles. The van der Waals surface area contributed by atoms with Crippen LogP contribution >= 0.6 is 0 Å². The number of hydrogen-bond acceptors (Lipinski definition) is 9. The van der Waals surface area contributed by atoms with Crippen molar-refractivity contribution in [3.63, 3.8) is 0 Å². The number of hydrogen-bond donors (Lipinski definition) is 1. The topological polar surface area (TPSA) is 111 Å². The standard InChI is InChI=1S/C25H36N6O4/c1-7-35-25(33)18-14-19(31-12-10-17(11-13-31)15-34-6)22(23(26-4)16(2)3)24(27-18)28-20-8-9-21(32)30(5)29-20/h8-9,14,16-17H,7,10-13,15H2,1-6H3,(H,27,28,29)/b26-23-. The van der Waals surface area contributed by atoms with Gasteiger partial charge in [-0.15, -0.1) is 0 Å². The average molecular weight is 485 g/mol. The van der Waals surface area contributed by atoms with Crippen molar-refractivity contribution < 1.29 is 14.3 Å². The molecular weight excluding hydrogens is 448 g/mol. The van der Waals surface area contributed by atoms with Gasteiger partial charge < -0.3 is 19.7 Å². The summed E-state index contributed by atoms with van der Waals surface area (Å²) in [5, 5.41) is 7.53. The van der Waals surface area contributed by atoms with E-state index in [1.54, 1.807) is 40.3 Å². The maximum atomic E-state index is 12.8. The largest absolute Gasteiger partial charge is 0.461 e. The van der Waals surface area contributed by atoms with E-state index < -0.39 is 5.97 Å². The number of aliphatic imine (C=N–C) groups is 1. The lowest BCUT2D eigenvalue weighted by atomic mass is 9.94. The van der Waals surface area contributed by atoms with Gasteiger partial charge >= 0.3 is 5.97 Å². The minimum absolute atomic E-state index is 0.105. The van der Waals surface area contributed by atoms with Gasteiger partial charge in [0, 0.05) is 47.0 Å². The molecule has 0 spiro atoms. The zero-order valence-electron chi connectivity index (χ0n) is 21.5. The summed E-state index contributed by atoms with van der Waals surface area (Å²) in [6, 6.07) is 4.83. The lowest BCUT2D eigenvalue weighted by molar-refractivity contribution is 0.0519. The second-order valence-electron chi connectivity index (χ2n) is 8.93. The molecule has 3 rings (SSSR count). The minimum atomic E-state index is -0.495. The average Bonchev–Trinajstić information content (AvgIpc) is 2.83. The Hall–Kier alpha value is -3.27.